The molecule has 2 aliphatic rings. The van der Waals surface area contributed by atoms with Crippen LogP contribution in [0.2, 0.25) is 0 Å². The largest absolute Gasteiger partial charge is 0.310 e. The molecule has 0 unspecified atom stereocenters. The van der Waals surface area contributed by atoms with E-state index in [1.807, 2.05) is 59.3 Å². The third-order valence-electron chi connectivity index (χ3n) is 7.01. The predicted molar refractivity (Wildman–Crippen MR) is 127 cm³/mol. The number of amides is 1. The van der Waals surface area contributed by atoms with Crippen LogP contribution >= 0.6 is 0 Å². The highest BCUT2D eigenvalue weighted by atomic mass is 16.2. The molecular weight excluding hydrogens is 410 g/mol. The van der Waals surface area contributed by atoms with Crippen LogP contribution < -0.4 is 5.32 Å². The van der Waals surface area contributed by atoms with E-state index in [0.717, 1.165) is 53.4 Å². The fourth-order valence-corrected chi connectivity index (χ4v) is 5.37. The second-order valence-corrected chi connectivity index (χ2v) is 9.08. The zero-order valence-corrected chi connectivity index (χ0v) is 18.2. The molecule has 6 rings (SSSR count). The number of nitrogens with zero attached hydrogens (tertiary/aromatic N) is 4. The zero-order valence-electron chi connectivity index (χ0n) is 18.2. The molecule has 4 aromatic rings. The average molecular weight is 434 g/mol. The fraction of sp³-hybridized carbons (Fsp3) is 0.259. The molecule has 1 N–H and O–H groups in total. The van der Waals surface area contributed by atoms with E-state index < -0.39 is 0 Å². The highest BCUT2D eigenvalue weighted by molar-refractivity contribution is 5.95. The first-order chi connectivity index (χ1) is 16.2. The number of pyridine rings is 1. The van der Waals surface area contributed by atoms with Crippen LogP contribution in [0.15, 0.2) is 60.7 Å². The maximum absolute atomic E-state index is 12.6. The van der Waals surface area contributed by atoms with Gasteiger partial charge in [-0.15, -0.1) is 0 Å². The van der Waals surface area contributed by atoms with Crippen LogP contribution in [0.3, 0.4) is 0 Å². The normalized spacial score (nSPS) is 16.9. The van der Waals surface area contributed by atoms with Gasteiger partial charge < -0.3 is 5.32 Å². The van der Waals surface area contributed by atoms with Crippen molar-refractivity contribution in [3.8, 4) is 28.6 Å². The van der Waals surface area contributed by atoms with E-state index in [2.05, 4.69) is 17.5 Å². The Morgan fingerprint density at radius 1 is 0.970 bits per heavy atom. The molecule has 1 aliphatic heterocycles. The Morgan fingerprint density at radius 3 is 2.55 bits per heavy atom. The van der Waals surface area contributed by atoms with E-state index in [0.29, 0.717) is 23.5 Å². The van der Waals surface area contributed by atoms with E-state index in [4.69, 9.17) is 10.1 Å². The SMILES string of the molecule is N#Cc1c(-c2ccc3ccc(-c4ccccc4)nc3c2)nn2c1NC(=O)CC21CCCCC1. The van der Waals surface area contributed by atoms with Gasteiger partial charge in [0.15, 0.2) is 0 Å². The Kier molecular flexibility index (Phi) is 4.51. The van der Waals surface area contributed by atoms with Crippen LogP contribution in [0.25, 0.3) is 33.4 Å². The molecule has 0 atom stereocenters. The van der Waals surface area contributed by atoms with Crippen molar-refractivity contribution < 1.29 is 4.79 Å². The minimum absolute atomic E-state index is 0.0277. The number of rotatable bonds is 2. The number of anilines is 1. The zero-order chi connectivity index (χ0) is 22.4. The quantitative estimate of drug-likeness (QED) is 0.443. The fourth-order valence-electron chi connectivity index (χ4n) is 5.37. The topological polar surface area (TPSA) is 83.6 Å². The molecular formula is C27H23N5O. The molecule has 1 saturated carbocycles. The molecule has 0 radical (unpaired) electrons. The lowest BCUT2D eigenvalue weighted by Crippen LogP contribution is -2.45. The molecule has 1 spiro atoms. The van der Waals surface area contributed by atoms with Gasteiger partial charge in [0.05, 0.1) is 23.2 Å². The summed E-state index contributed by atoms with van der Waals surface area (Å²) in [5.41, 5.74) is 4.34. The summed E-state index contributed by atoms with van der Waals surface area (Å²) in [4.78, 5) is 17.5. The van der Waals surface area contributed by atoms with Crippen LogP contribution in [0, 0.1) is 11.3 Å². The lowest BCUT2D eigenvalue weighted by atomic mass is 9.78. The molecule has 0 saturated heterocycles. The van der Waals surface area contributed by atoms with Gasteiger partial charge in [0.1, 0.15) is 23.1 Å². The lowest BCUT2D eigenvalue weighted by molar-refractivity contribution is -0.119. The Labute approximate surface area is 191 Å². The Morgan fingerprint density at radius 2 is 1.76 bits per heavy atom. The van der Waals surface area contributed by atoms with Gasteiger partial charge in [-0.2, -0.15) is 10.4 Å². The maximum atomic E-state index is 12.6. The molecule has 162 valence electrons. The van der Waals surface area contributed by atoms with Crippen molar-refractivity contribution in [1.29, 1.82) is 5.26 Å². The van der Waals surface area contributed by atoms with Gasteiger partial charge >= 0.3 is 0 Å². The molecule has 1 amide bonds. The molecule has 33 heavy (non-hydrogen) atoms. The molecule has 1 fully saturated rings. The van der Waals surface area contributed by atoms with Crippen LogP contribution in [0.5, 0.6) is 0 Å². The molecule has 6 heteroatoms. The summed E-state index contributed by atoms with van der Waals surface area (Å²) in [7, 11) is 0. The smallest absolute Gasteiger partial charge is 0.227 e. The van der Waals surface area contributed by atoms with Gasteiger partial charge in [-0.3, -0.25) is 4.79 Å². The Hall–Kier alpha value is -3.98. The highest BCUT2D eigenvalue weighted by Gasteiger charge is 2.43. The Bertz CT molecular complexity index is 1420. The minimum atomic E-state index is -0.324. The molecule has 2 aromatic carbocycles. The summed E-state index contributed by atoms with van der Waals surface area (Å²) in [5.74, 6) is 0.511. The third kappa shape index (κ3) is 3.20. The van der Waals surface area contributed by atoms with Crippen molar-refractivity contribution in [3.05, 3.63) is 66.2 Å². The molecule has 0 bridgehead atoms. The minimum Gasteiger partial charge on any atom is -0.310 e. The van der Waals surface area contributed by atoms with Gasteiger partial charge in [0.25, 0.3) is 0 Å². The van der Waals surface area contributed by atoms with Gasteiger partial charge in [-0.1, -0.05) is 67.8 Å². The van der Waals surface area contributed by atoms with Gasteiger partial charge in [-0.25, -0.2) is 9.67 Å². The maximum Gasteiger partial charge on any atom is 0.227 e. The van der Waals surface area contributed by atoms with Gasteiger partial charge in [-0.05, 0) is 25.0 Å². The first kappa shape index (κ1) is 19.7. The second kappa shape index (κ2) is 7.56. The number of hydrogen-bond acceptors (Lipinski definition) is 4. The number of carbonyl (C=O) groups is 1. The summed E-state index contributed by atoms with van der Waals surface area (Å²) >= 11 is 0. The molecule has 1 aliphatic carbocycles. The van der Waals surface area contributed by atoms with Crippen molar-refractivity contribution in [2.45, 2.75) is 44.1 Å². The molecule has 6 nitrogen and oxygen atoms in total. The Balaban J connectivity index is 1.50. The van der Waals surface area contributed by atoms with Crippen molar-refractivity contribution in [3.63, 3.8) is 0 Å². The van der Waals surface area contributed by atoms with Crippen molar-refractivity contribution in [1.82, 2.24) is 14.8 Å². The van der Waals surface area contributed by atoms with E-state index >= 15 is 0 Å². The number of aromatic nitrogens is 3. The monoisotopic (exact) mass is 433 g/mol. The van der Waals surface area contributed by atoms with E-state index in [-0.39, 0.29) is 11.4 Å². The van der Waals surface area contributed by atoms with Gasteiger partial charge in [0, 0.05) is 16.5 Å². The first-order valence-electron chi connectivity index (χ1n) is 11.5. The predicted octanol–water partition coefficient (Wildman–Crippen LogP) is 5.64. The molecule has 2 aromatic heterocycles. The number of carbonyl (C=O) groups excluding carboxylic acids is 1. The summed E-state index contributed by atoms with van der Waals surface area (Å²) in [6.45, 7) is 0. The summed E-state index contributed by atoms with van der Waals surface area (Å²) in [6, 6.07) is 22.5. The standard InChI is InChI=1S/C27H23N5O/c28-17-21-25(31-32-26(21)30-24(33)16-27(32)13-5-2-6-14-27)20-10-9-19-11-12-22(29-23(19)15-20)18-7-3-1-4-8-18/h1,3-4,7-12,15H,2,5-6,13-14,16H2,(H,30,33). The molecule has 3 heterocycles. The summed E-state index contributed by atoms with van der Waals surface area (Å²) in [6.07, 6.45) is 5.58. The van der Waals surface area contributed by atoms with Crippen LogP contribution in [0.1, 0.15) is 44.1 Å². The van der Waals surface area contributed by atoms with Crippen molar-refractivity contribution in [2.75, 3.05) is 5.32 Å². The summed E-state index contributed by atoms with van der Waals surface area (Å²) in [5, 5.41) is 18.9. The summed E-state index contributed by atoms with van der Waals surface area (Å²) < 4.78 is 1.94. The van der Waals surface area contributed by atoms with E-state index in [9.17, 15) is 10.1 Å². The lowest BCUT2D eigenvalue weighted by Gasteiger charge is -2.40. The third-order valence-corrected chi connectivity index (χ3v) is 7.01. The average Bonchev–Trinajstić information content (AvgIpc) is 3.23. The van der Waals surface area contributed by atoms with Crippen LogP contribution in [-0.4, -0.2) is 20.7 Å². The first-order valence-corrected chi connectivity index (χ1v) is 11.5. The number of fused-ring (bicyclic) bond motifs is 3. The van der Waals surface area contributed by atoms with Gasteiger partial charge in [0.2, 0.25) is 5.91 Å². The highest BCUT2D eigenvalue weighted by Crippen LogP contribution is 2.45. The van der Waals surface area contributed by atoms with Crippen molar-refractivity contribution >= 4 is 22.6 Å². The van der Waals surface area contributed by atoms with Crippen molar-refractivity contribution in [2.24, 2.45) is 0 Å². The van der Waals surface area contributed by atoms with Crippen LogP contribution in [-0.2, 0) is 10.3 Å². The second-order valence-electron chi connectivity index (χ2n) is 9.08. The number of benzene rings is 2. The van der Waals surface area contributed by atoms with E-state index in [1.54, 1.807) is 0 Å². The number of nitriles is 1. The van der Waals surface area contributed by atoms with E-state index in [1.165, 1.54) is 6.42 Å². The van der Waals surface area contributed by atoms with Crippen LogP contribution in [0.4, 0.5) is 5.82 Å². The number of hydrogen-bond donors (Lipinski definition) is 1. The number of nitrogens with one attached hydrogen (secondary N) is 1.